The molecule has 5 rings (SSSR count). The Balaban J connectivity index is 1.24. The number of halogens is 1. The van der Waals surface area contributed by atoms with Gasteiger partial charge in [-0.05, 0) is 55.4 Å². The van der Waals surface area contributed by atoms with Gasteiger partial charge in [-0.25, -0.2) is 9.07 Å². The Morgan fingerprint density at radius 1 is 1.19 bits per heavy atom. The highest BCUT2D eigenvalue weighted by Gasteiger charge is 2.54. The fraction of sp³-hybridized carbons (Fsp3) is 0.476. The van der Waals surface area contributed by atoms with Gasteiger partial charge in [0.25, 0.3) is 5.56 Å². The summed E-state index contributed by atoms with van der Waals surface area (Å²) in [7, 11) is 0. The summed E-state index contributed by atoms with van der Waals surface area (Å²) in [6.07, 6.45) is 4.62. The monoisotopic (exact) mass is 367 g/mol. The zero-order valence-electron chi connectivity index (χ0n) is 15.2. The summed E-state index contributed by atoms with van der Waals surface area (Å²) in [5, 5.41) is 4.53. The first-order valence-electron chi connectivity index (χ1n) is 9.70. The number of fused-ring (bicyclic) bond motifs is 1. The van der Waals surface area contributed by atoms with E-state index in [9.17, 15) is 14.0 Å². The predicted molar refractivity (Wildman–Crippen MR) is 97.9 cm³/mol. The largest absolute Gasteiger partial charge is 0.341 e. The van der Waals surface area contributed by atoms with E-state index in [0.717, 1.165) is 48.9 Å². The van der Waals surface area contributed by atoms with Gasteiger partial charge in [-0.2, -0.15) is 5.10 Å². The average Bonchev–Trinajstić information content (AvgIpc) is 3.31. The molecule has 27 heavy (non-hydrogen) atoms. The number of carbonyl (C=O) groups is 1. The van der Waals surface area contributed by atoms with Crippen LogP contribution in [-0.4, -0.2) is 33.7 Å². The van der Waals surface area contributed by atoms with E-state index < -0.39 is 5.41 Å². The van der Waals surface area contributed by atoms with E-state index in [1.165, 1.54) is 12.1 Å². The van der Waals surface area contributed by atoms with Crippen LogP contribution >= 0.6 is 0 Å². The number of benzene rings is 1. The van der Waals surface area contributed by atoms with Crippen molar-refractivity contribution >= 4 is 5.91 Å². The SMILES string of the molecule is O=C(N1CC(Cn2nc3c(cc2=O)CCC3)C1)C1(c2ccc(F)cc2)CC1. The van der Waals surface area contributed by atoms with E-state index in [4.69, 9.17) is 0 Å². The summed E-state index contributed by atoms with van der Waals surface area (Å²) in [4.78, 5) is 27.1. The van der Waals surface area contributed by atoms with Gasteiger partial charge in [0.05, 0.1) is 17.7 Å². The van der Waals surface area contributed by atoms with Crippen molar-refractivity contribution in [1.29, 1.82) is 0 Å². The molecule has 1 saturated carbocycles. The summed E-state index contributed by atoms with van der Waals surface area (Å²) < 4.78 is 14.7. The molecule has 1 amide bonds. The summed E-state index contributed by atoms with van der Waals surface area (Å²) in [6.45, 7) is 1.89. The molecule has 3 aliphatic rings. The molecule has 2 aromatic rings. The lowest BCUT2D eigenvalue weighted by Gasteiger charge is -2.41. The van der Waals surface area contributed by atoms with Crippen LogP contribution in [0.2, 0.25) is 0 Å². The van der Waals surface area contributed by atoms with Gasteiger partial charge in [0.1, 0.15) is 5.82 Å². The van der Waals surface area contributed by atoms with E-state index in [2.05, 4.69) is 5.10 Å². The van der Waals surface area contributed by atoms with E-state index in [1.54, 1.807) is 22.9 Å². The molecular formula is C21H22FN3O2. The first kappa shape index (κ1) is 16.7. The molecule has 6 heteroatoms. The summed E-state index contributed by atoms with van der Waals surface area (Å²) in [6, 6.07) is 8.03. The number of nitrogens with zero attached hydrogens (tertiary/aromatic N) is 3. The predicted octanol–water partition coefficient (Wildman–Crippen LogP) is 2.06. The molecule has 2 aliphatic carbocycles. The van der Waals surface area contributed by atoms with Crippen molar-refractivity contribution in [2.75, 3.05) is 13.1 Å². The normalized spacial score (nSPS) is 20.3. The molecule has 140 valence electrons. The number of likely N-dealkylation sites (tertiary alicyclic amines) is 1. The lowest BCUT2D eigenvalue weighted by Crippen LogP contribution is -2.55. The van der Waals surface area contributed by atoms with Gasteiger partial charge in [-0.3, -0.25) is 9.59 Å². The zero-order valence-corrected chi connectivity index (χ0v) is 15.2. The minimum absolute atomic E-state index is 0.0367. The van der Waals surface area contributed by atoms with E-state index in [0.29, 0.717) is 19.6 Å². The quantitative estimate of drug-likeness (QED) is 0.831. The molecule has 5 nitrogen and oxygen atoms in total. The molecule has 0 N–H and O–H groups in total. The lowest BCUT2D eigenvalue weighted by atomic mass is 9.90. The van der Waals surface area contributed by atoms with Gasteiger partial charge in [0.2, 0.25) is 5.91 Å². The molecule has 1 aromatic carbocycles. The summed E-state index contributed by atoms with van der Waals surface area (Å²) in [5.74, 6) is 0.126. The molecule has 1 aromatic heterocycles. The Labute approximate surface area is 156 Å². The van der Waals surface area contributed by atoms with Crippen molar-refractivity contribution in [2.24, 2.45) is 5.92 Å². The van der Waals surface area contributed by atoms with Crippen molar-refractivity contribution in [3.05, 3.63) is 63.3 Å². The Morgan fingerprint density at radius 2 is 1.93 bits per heavy atom. The fourth-order valence-corrected chi connectivity index (χ4v) is 4.49. The highest BCUT2D eigenvalue weighted by molar-refractivity contribution is 5.91. The molecule has 1 aliphatic heterocycles. The molecule has 1 saturated heterocycles. The number of rotatable bonds is 4. The van der Waals surface area contributed by atoms with E-state index in [-0.39, 0.29) is 23.2 Å². The van der Waals surface area contributed by atoms with E-state index in [1.807, 2.05) is 4.90 Å². The maximum Gasteiger partial charge on any atom is 0.267 e. The number of aromatic nitrogens is 2. The van der Waals surface area contributed by atoms with Gasteiger partial charge >= 0.3 is 0 Å². The van der Waals surface area contributed by atoms with Crippen LogP contribution in [0.5, 0.6) is 0 Å². The van der Waals surface area contributed by atoms with Crippen molar-refractivity contribution in [3.8, 4) is 0 Å². The Kier molecular flexibility index (Phi) is 3.71. The van der Waals surface area contributed by atoms with Gasteiger partial charge < -0.3 is 4.90 Å². The number of hydrogen-bond acceptors (Lipinski definition) is 3. The van der Waals surface area contributed by atoms with Crippen LogP contribution in [0.1, 0.15) is 36.1 Å². The van der Waals surface area contributed by atoms with Gasteiger partial charge in [-0.1, -0.05) is 12.1 Å². The minimum atomic E-state index is -0.457. The molecule has 0 bridgehead atoms. The third-order valence-electron chi connectivity index (χ3n) is 6.26. The van der Waals surface area contributed by atoms with Crippen LogP contribution in [0.25, 0.3) is 0 Å². The average molecular weight is 367 g/mol. The van der Waals surface area contributed by atoms with Gasteiger partial charge in [0.15, 0.2) is 0 Å². The standard InChI is InChI=1S/C21H22FN3O2/c22-17-6-4-16(5-7-17)21(8-9-21)20(27)24-11-14(12-24)13-25-19(26)10-15-2-1-3-18(15)23-25/h4-7,10,14H,1-3,8-9,11-13H2. The maximum atomic E-state index is 13.2. The molecule has 0 spiro atoms. The molecular weight excluding hydrogens is 345 g/mol. The molecule has 0 atom stereocenters. The van der Waals surface area contributed by atoms with Crippen molar-refractivity contribution in [2.45, 2.75) is 44.1 Å². The molecule has 0 unspecified atom stereocenters. The smallest absolute Gasteiger partial charge is 0.267 e. The zero-order chi connectivity index (χ0) is 18.6. The molecule has 2 heterocycles. The Morgan fingerprint density at radius 3 is 2.63 bits per heavy atom. The van der Waals surface area contributed by atoms with Crippen LogP contribution in [0.3, 0.4) is 0 Å². The van der Waals surface area contributed by atoms with Gasteiger partial charge in [0, 0.05) is 25.1 Å². The highest BCUT2D eigenvalue weighted by atomic mass is 19.1. The van der Waals surface area contributed by atoms with Crippen LogP contribution in [0, 0.1) is 11.7 Å². The Bertz CT molecular complexity index is 956. The number of carbonyl (C=O) groups excluding carboxylic acids is 1. The van der Waals surface area contributed by atoms with Crippen molar-refractivity contribution in [3.63, 3.8) is 0 Å². The maximum absolute atomic E-state index is 13.2. The second kappa shape index (κ2) is 6.01. The summed E-state index contributed by atoms with van der Waals surface area (Å²) in [5.41, 5.74) is 2.56. The lowest BCUT2D eigenvalue weighted by molar-refractivity contribution is -0.140. The first-order valence-corrected chi connectivity index (χ1v) is 9.70. The minimum Gasteiger partial charge on any atom is -0.341 e. The number of hydrogen-bond donors (Lipinski definition) is 0. The van der Waals surface area contributed by atoms with Crippen LogP contribution in [0.4, 0.5) is 4.39 Å². The Hall–Kier alpha value is -2.50. The topological polar surface area (TPSA) is 55.2 Å². The fourth-order valence-electron chi connectivity index (χ4n) is 4.49. The van der Waals surface area contributed by atoms with Crippen LogP contribution in [0.15, 0.2) is 35.1 Å². The second-order valence-corrected chi connectivity index (χ2v) is 8.16. The van der Waals surface area contributed by atoms with Crippen LogP contribution < -0.4 is 5.56 Å². The van der Waals surface area contributed by atoms with Crippen molar-refractivity contribution < 1.29 is 9.18 Å². The van der Waals surface area contributed by atoms with Crippen LogP contribution in [-0.2, 0) is 29.6 Å². The number of aryl methyl sites for hydroxylation is 2. The summed E-state index contributed by atoms with van der Waals surface area (Å²) >= 11 is 0. The second-order valence-electron chi connectivity index (χ2n) is 8.16. The van der Waals surface area contributed by atoms with Gasteiger partial charge in [-0.15, -0.1) is 0 Å². The van der Waals surface area contributed by atoms with E-state index >= 15 is 0 Å². The first-order chi connectivity index (χ1) is 13.0. The highest BCUT2D eigenvalue weighted by Crippen LogP contribution is 2.50. The third-order valence-corrected chi connectivity index (χ3v) is 6.26. The number of amides is 1. The molecule has 2 fully saturated rings. The van der Waals surface area contributed by atoms with Crippen molar-refractivity contribution in [1.82, 2.24) is 14.7 Å². The molecule has 0 radical (unpaired) electrons. The third kappa shape index (κ3) is 2.78.